The first-order valence-electron chi connectivity index (χ1n) is 6.85. The normalized spacial score (nSPS) is 10.5. The molecule has 0 atom stereocenters. The molecular formula is C16H14F3NO4. The summed E-state index contributed by atoms with van der Waals surface area (Å²) in [6.07, 6.45) is 0. The van der Waals surface area contributed by atoms with Gasteiger partial charge in [-0.2, -0.15) is 0 Å². The highest BCUT2D eigenvalue weighted by Crippen LogP contribution is 2.26. The minimum Gasteiger partial charge on any atom is -0.483 e. The lowest BCUT2D eigenvalue weighted by Gasteiger charge is -2.14. The van der Waals surface area contributed by atoms with Crippen LogP contribution in [0, 0.1) is 17.5 Å². The van der Waals surface area contributed by atoms with Gasteiger partial charge in [0.15, 0.2) is 18.2 Å². The summed E-state index contributed by atoms with van der Waals surface area (Å²) >= 11 is 0. The molecule has 0 unspecified atom stereocenters. The number of anilines is 1. The molecule has 0 aliphatic rings. The van der Waals surface area contributed by atoms with Gasteiger partial charge >= 0.3 is 0 Å². The molecule has 0 aliphatic heterocycles. The summed E-state index contributed by atoms with van der Waals surface area (Å²) in [4.78, 5) is 11.8. The topological polar surface area (TPSA) is 78.8 Å². The molecule has 0 heterocycles. The number of ether oxygens (including phenoxy) is 1. The Balaban J connectivity index is 2.07. The van der Waals surface area contributed by atoms with Crippen molar-refractivity contribution in [1.82, 2.24) is 0 Å². The summed E-state index contributed by atoms with van der Waals surface area (Å²) < 4.78 is 44.4. The second-order valence-corrected chi connectivity index (χ2v) is 4.84. The second-order valence-electron chi connectivity index (χ2n) is 4.84. The van der Waals surface area contributed by atoms with Crippen LogP contribution in [0.5, 0.6) is 5.75 Å². The number of hydrogen-bond donors (Lipinski definition) is 3. The van der Waals surface area contributed by atoms with E-state index in [2.05, 4.69) is 5.32 Å². The molecule has 128 valence electrons. The maximum Gasteiger partial charge on any atom is 0.262 e. The number of benzene rings is 2. The van der Waals surface area contributed by atoms with Crippen molar-refractivity contribution in [2.45, 2.75) is 13.2 Å². The average Bonchev–Trinajstić information content (AvgIpc) is 2.56. The van der Waals surface area contributed by atoms with Crippen LogP contribution in [-0.4, -0.2) is 22.7 Å². The van der Waals surface area contributed by atoms with Gasteiger partial charge in [0.2, 0.25) is 0 Å². The van der Waals surface area contributed by atoms with Crippen LogP contribution >= 0.6 is 0 Å². The molecular weight excluding hydrogens is 327 g/mol. The second kappa shape index (κ2) is 7.80. The van der Waals surface area contributed by atoms with Gasteiger partial charge in [0, 0.05) is 22.9 Å². The van der Waals surface area contributed by atoms with Crippen molar-refractivity contribution in [3.05, 3.63) is 58.9 Å². The molecule has 0 fully saturated rings. The van der Waals surface area contributed by atoms with Crippen LogP contribution in [-0.2, 0) is 18.0 Å². The maximum atomic E-state index is 13.3. The van der Waals surface area contributed by atoms with Gasteiger partial charge < -0.3 is 20.3 Å². The van der Waals surface area contributed by atoms with Crippen LogP contribution in [0.2, 0.25) is 0 Å². The smallest absolute Gasteiger partial charge is 0.262 e. The third kappa shape index (κ3) is 4.24. The van der Waals surface area contributed by atoms with Gasteiger partial charge in [-0.1, -0.05) is 0 Å². The molecule has 0 saturated carbocycles. The molecule has 0 bridgehead atoms. The first kappa shape index (κ1) is 17.8. The van der Waals surface area contributed by atoms with E-state index in [1.807, 2.05) is 0 Å². The molecule has 0 aliphatic carbocycles. The summed E-state index contributed by atoms with van der Waals surface area (Å²) in [6, 6.07) is 4.87. The summed E-state index contributed by atoms with van der Waals surface area (Å²) in [6.45, 7) is -1.64. The predicted molar refractivity (Wildman–Crippen MR) is 78.7 cm³/mol. The number of rotatable bonds is 6. The Bertz CT molecular complexity index is 727. The van der Waals surface area contributed by atoms with Gasteiger partial charge in [-0.25, -0.2) is 13.2 Å². The quantitative estimate of drug-likeness (QED) is 0.752. The highest BCUT2D eigenvalue weighted by atomic mass is 19.2. The highest BCUT2D eigenvalue weighted by Gasteiger charge is 2.14. The Kier molecular flexibility index (Phi) is 5.78. The molecule has 5 nitrogen and oxygen atoms in total. The largest absolute Gasteiger partial charge is 0.483 e. The van der Waals surface area contributed by atoms with Gasteiger partial charge in [0.05, 0.1) is 13.2 Å². The van der Waals surface area contributed by atoms with E-state index in [-0.39, 0.29) is 22.6 Å². The molecule has 8 heteroatoms. The van der Waals surface area contributed by atoms with Gasteiger partial charge in [0.1, 0.15) is 11.6 Å². The monoisotopic (exact) mass is 341 g/mol. The fourth-order valence-electron chi connectivity index (χ4n) is 2.04. The fraction of sp³-hybridized carbons (Fsp3) is 0.188. The first-order valence-corrected chi connectivity index (χ1v) is 6.85. The van der Waals surface area contributed by atoms with E-state index in [9.17, 15) is 28.2 Å². The summed E-state index contributed by atoms with van der Waals surface area (Å²) in [5.41, 5.74) is 0.172. The van der Waals surface area contributed by atoms with Gasteiger partial charge in [-0.15, -0.1) is 0 Å². The van der Waals surface area contributed by atoms with E-state index in [1.165, 1.54) is 6.07 Å². The average molecular weight is 341 g/mol. The van der Waals surface area contributed by atoms with E-state index in [1.54, 1.807) is 0 Å². The molecule has 0 aromatic heterocycles. The van der Waals surface area contributed by atoms with Crippen molar-refractivity contribution >= 4 is 11.6 Å². The van der Waals surface area contributed by atoms with E-state index >= 15 is 0 Å². The number of hydrogen-bond acceptors (Lipinski definition) is 4. The number of halogens is 3. The van der Waals surface area contributed by atoms with Gasteiger partial charge in [-0.3, -0.25) is 4.79 Å². The molecule has 0 radical (unpaired) electrons. The van der Waals surface area contributed by atoms with Crippen LogP contribution in [0.15, 0.2) is 30.3 Å². The summed E-state index contributed by atoms with van der Waals surface area (Å²) in [5.74, 6) is -3.52. The number of amides is 1. The SMILES string of the molecule is O=C(COc1c(CO)cc(F)cc1CO)Nc1ccc(F)c(F)c1. The number of aliphatic hydroxyl groups excluding tert-OH is 2. The van der Waals surface area contributed by atoms with E-state index in [4.69, 9.17) is 4.74 Å². The zero-order valence-corrected chi connectivity index (χ0v) is 12.4. The number of aliphatic hydroxyl groups is 2. The van der Waals surface area contributed by atoms with Crippen molar-refractivity contribution in [2.75, 3.05) is 11.9 Å². The number of nitrogens with one attached hydrogen (secondary N) is 1. The van der Waals surface area contributed by atoms with Crippen LogP contribution in [0.4, 0.5) is 18.9 Å². The van der Waals surface area contributed by atoms with E-state index in [0.717, 1.165) is 24.3 Å². The van der Waals surface area contributed by atoms with Crippen LogP contribution < -0.4 is 10.1 Å². The molecule has 1 amide bonds. The third-order valence-electron chi connectivity index (χ3n) is 3.10. The van der Waals surface area contributed by atoms with Crippen molar-refractivity contribution < 1.29 is 32.9 Å². The molecule has 2 aromatic rings. The maximum absolute atomic E-state index is 13.3. The molecule has 2 aromatic carbocycles. The fourth-order valence-corrected chi connectivity index (χ4v) is 2.04. The van der Waals surface area contributed by atoms with Crippen molar-refractivity contribution in [3.8, 4) is 5.75 Å². The Morgan fingerprint density at radius 1 is 1.00 bits per heavy atom. The first-order chi connectivity index (χ1) is 11.4. The van der Waals surface area contributed by atoms with Crippen LogP contribution in [0.1, 0.15) is 11.1 Å². The Morgan fingerprint density at radius 2 is 1.62 bits per heavy atom. The van der Waals surface area contributed by atoms with E-state index in [0.29, 0.717) is 0 Å². The van der Waals surface area contributed by atoms with Gasteiger partial charge in [0.25, 0.3) is 5.91 Å². The van der Waals surface area contributed by atoms with Crippen LogP contribution in [0.25, 0.3) is 0 Å². The summed E-state index contributed by atoms with van der Waals surface area (Å²) in [5, 5.41) is 20.7. The molecule has 3 N–H and O–H groups in total. The molecule has 24 heavy (non-hydrogen) atoms. The minimum atomic E-state index is -1.11. The van der Waals surface area contributed by atoms with Gasteiger partial charge in [-0.05, 0) is 24.3 Å². The van der Waals surface area contributed by atoms with Crippen molar-refractivity contribution in [1.29, 1.82) is 0 Å². The number of carbonyl (C=O) groups is 1. The molecule has 0 saturated heterocycles. The number of carbonyl (C=O) groups excluding carboxylic acids is 1. The lowest BCUT2D eigenvalue weighted by molar-refractivity contribution is -0.118. The third-order valence-corrected chi connectivity index (χ3v) is 3.10. The van der Waals surface area contributed by atoms with Crippen LogP contribution in [0.3, 0.4) is 0 Å². The van der Waals surface area contributed by atoms with Crippen molar-refractivity contribution in [3.63, 3.8) is 0 Å². The Hall–Kier alpha value is -2.58. The predicted octanol–water partition coefficient (Wildman–Crippen LogP) is 2.11. The lowest BCUT2D eigenvalue weighted by atomic mass is 10.1. The highest BCUT2D eigenvalue weighted by molar-refractivity contribution is 5.91. The zero-order valence-electron chi connectivity index (χ0n) is 12.4. The Labute approximate surface area is 135 Å². The molecule has 2 rings (SSSR count). The lowest BCUT2D eigenvalue weighted by Crippen LogP contribution is -2.21. The summed E-state index contributed by atoms with van der Waals surface area (Å²) in [7, 11) is 0. The zero-order chi connectivity index (χ0) is 17.7. The van der Waals surface area contributed by atoms with E-state index < -0.39 is 43.2 Å². The minimum absolute atomic E-state index is 0.0122. The van der Waals surface area contributed by atoms with Crippen molar-refractivity contribution in [2.24, 2.45) is 0 Å². The Morgan fingerprint density at radius 3 is 2.17 bits per heavy atom. The standard InChI is InChI=1S/C16H14F3NO4/c17-11-3-9(6-21)16(10(4-11)7-22)24-8-15(23)20-12-1-2-13(18)14(19)5-12/h1-5,21-22H,6-8H2,(H,20,23). The molecule has 0 spiro atoms.